The lowest BCUT2D eigenvalue weighted by Crippen LogP contribution is -2.78. The van der Waals surface area contributed by atoms with E-state index in [1.165, 1.54) is 16.7 Å². The molecule has 0 saturated heterocycles. The lowest BCUT2D eigenvalue weighted by Gasteiger charge is -2.33. The van der Waals surface area contributed by atoms with Crippen LogP contribution in [-0.2, 0) is 16.7 Å². The van der Waals surface area contributed by atoms with Crippen molar-refractivity contribution < 1.29 is 19.4 Å². The predicted molar refractivity (Wildman–Crippen MR) is 256 cm³/mol. The predicted octanol–water partition coefficient (Wildman–Crippen LogP) is 13.6. The molecule has 63 heavy (non-hydrogen) atoms. The molecule has 0 saturated carbocycles. The van der Waals surface area contributed by atoms with Gasteiger partial charge in [-0.2, -0.15) is 4.57 Å². The van der Waals surface area contributed by atoms with Crippen molar-refractivity contribution in [2.75, 3.05) is 0 Å². The Labute approximate surface area is 376 Å². The molecule has 5 heterocycles. The van der Waals surface area contributed by atoms with E-state index in [1.807, 2.05) is 24.4 Å². The van der Waals surface area contributed by atoms with Gasteiger partial charge in [-0.25, -0.2) is 0 Å². The van der Waals surface area contributed by atoms with Gasteiger partial charge in [-0.3, -0.25) is 0 Å². The maximum atomic E-state index is 9.10. The van der Waals surface area contributed by atoms with E-state index in [0.29, 0.717) is 11.1 Å². The van der Waals surface area contributed by atoms with Crippen molar-refractivity contribution in [3.05, 3.63) is 192 Å². The number of hydrogen-bond donors (Lipinski definition) is 0. The highest BCUT2D eigenvalue weighted by Gasteiger charge is 2.68. The summed E-state index contributed by atoms with van der Waals surface area (Å²) in [6.07, 6.45) is 2.03. The Bertz CT molecular complexity index is 3600. The molecule has 3 aliphatic rings. The summed E-state index contributed by atoms with van der Waals surface area (Å²) in [6.45, 7) is 17.4. The molecule has 0 fully saturated rings. The van der Waals surface area contributed by atoms with Crippen molar-refractivity contribution in [1.82, 2.24) is 4.57 Å². The number of ether oxygens (including phenoxy) is 1. The van der Waals surface area contributed by atoms with E-state index < -0.39 is 5.85 Å². The highest BCUT2D eigenvalue weighted by atomic mass is 16.5. The zero-order valence-corrected chi connectivity index (χ0v) is 37.0. The van der Waals surface area contributed by atoms with Crippen LogP contribution < -0.4 is 13.9 Å². The summed E-state index contributed by atoms with van der Waals surface area (Å²) in [5.74, 6) is 0.514. The molecule has 1 unspecified atom stereocenters. The van der Waals surface area contributed by atoms with Gasteiger partial charge in [0, 0.05) is 28.8 Å². The molecule has 0 radical (unpaired) electrons. The molecule has 9 aromatic rings. The largest absolute Gasteiger partial charge is 0.499 e. The van der Waals surface area contributed by atoms with Crippen LogP contribution >= 0.6 is 0 Å². The minimum Gasteiger partial charge on any atom is -0.392 e. The SMILES string of the molecule is [2H]c1c([2H])c(-c2cc[n+]3c(c2)-c2cc(C(C)(C)C)cc4c2C32Oc3ccccc3-c3n(-c5cc(-c6ccccc6)c(C)cc5-c5ccc(C(C)(C)C)cc5)c5cccc-4c5[n+]32)c([2H])c([2H])c1C. The summed E-state index contributed by atoms with van der Waals surface area (Å²) in [5.41, 5.74) is 18.4. The van der Waals surface area contributed by atoms with Crippen LogP contribution in [0.1, 0.15) is 74.8 Å². The second-order valence-corrected chi connectivity index (χ2v) is 19.6. The first kappa shape index (κ1) is 33.6. The minimum absolute atomic E-state index is 0.00342. The number of para-hydroxylation sites is 2. The Balaban J connectivity index is 1.24. The maximum Gasteiger partial charge on any atom is 0.499 e. The van der Waals surface area contributed by atoms with Crippen LogP contribution in [0.2, 0.25) is 0 Å². The van der Waals surface area contributed by atoms with E-state index in [1.54, 1.807) is 6.92 Å². The fraction of sp³-hybridized carbons (Fsp3) is 0.186. The van der Waals surface area contributed by atoms with Crippen LogP contribution in [-0.4, -0.2) is 4.57 Å². The van der Waals surface area contributed by atoms with Gasteiger partial charge < -0.3 is 4.74 Å². The molecule has 1 atom stereocenters. The van der Waals surface area contributed by atoms with Crippen LogP contribution in [0.5, 0.6) is 5.75 Å². The number of aromatic nitrogens is 3. The molecule has 0 amide bonds. The lowest BCUT2D eigenvalue weighted by atomic mass is 9.80. The average molecular weight is 822 g/mol. The van der Waals surface area contributed by atoms with E-state index in [2.05, 4.69) is 177 Å². The van der Waals surface area contributed by atoms with Crippen LogP contribution in [0.4, 0.5) is 0 Å². The van der Waals surface area contributed by atoms with Crippen LogP contribution in [0, 0.1) is 13.8 Å². The third kappa shape index (κ3) is 5.34. The Hall–Kier alpha value is -7.04. The summed E-state index contributed by atoms with van der Waals surface area (Å²) in [5, 5.41) is 0. The molecular weight excluding hydrogens is 767 g/mol. The van der Waals surface area contributed by atoms with E-state index in [9.17, 15) is 0 Å². The zero-order chi connectivity index (χ0) is 46.6. The smallest absolute Gasteiger partial charge is 0.392 e. The summed E-state index contributed by atoms with van der Waals surface area (Å²) in [4.78, 5) is 0. The number of hydrogen-bond acceptors (Lipinski definition) is 1. The van der Waals surface area contributed by atoms with Gasteiger partial charge in [0.05, 0.1) is 11.0 Å². The second kappa shape index (κ2) is 13.0. The van der Waals surface area contributed by atoms with Crippen molar-refractivity contribution in [3.8, 4) is 78.6 Å². The van der Waals surface area contributed by atoms with E-state index >= 15 is 0 Å². The van der Waals surface area contributed by atoms with Gasteiger partial charge in [0.25, 0.3) is 0 Å². The van der Waals surface area contributed by atoms with Crippen molar-refractivity contribution >= 4 is 11.0 Å². The number of fused-ring (bicyclic) bond motifs is 5. The number of imidazole rings is 1. The van der Waals surface area contributed by atoms with Gasteiger partial charge in [0.1, 0.15) is 22.6 Å². The summed E-state index contributed by atoms with van der Waals surface area (Å²) in [7, 11) is 0. The first-order chi connectivity index (χ1) is 32.0. The van der Waals surface area contributed by atoms with Gasteiger partial charge in [-0.15, -0.1) is 9.13 Å². The Morgan fingerprint density at radius 2 is 1.24 bits per heavy atom. The Kier molecular flexibility index (Phi) is 6.93. The lowest BCUT2D eigenvalue weighted by molar-refractivity contribution is -0.997. The first-order valence-corrected chi connectivity index (χ1v) is 22.0. The van der Waals surface area contributed by atoms with Crippen molar-refractivity contribution in [2.45, 2.75) is 72.1 Å². The van der Waals surface area contributed by atoms with Gasteiger partial charge in [-0.1, -0.05) is 144 Å². The third-order valence-corrected chi connectivity index (χ3v) is 13.5. The number of nitrogens with zero attached hydrogens (tertiary/aromatic N) is 3. The molecule has 4 nitrogen and oxygen atoms in total. The van der Waals surface area contributed by atoms with Gasteiger partial charge in [-0.05, 0) is 118 Å². The normalized spacial score (nSPS) is 16.4. The first-order valence-electron chi connectivity index (χ1n) is 24.0. The van der Waals surface area contributed by atoms with Gasteiger partial charge in [0.15, 0.2) is 17.2 Å². The van der Waals surface area contributed by atoms with E-state index in [0.717, 1.165) is 84.1 Å². The second-order valence-electron chi connectivity index (χ2n) is 19.6. The molecule has 4 heteroatoms. The fourth-order valence-corrected chi connectivity index (χ4v) is 10.3. The number of pyridine rings is 1. The molecule has 2 aromatic heterocycles. The van der Waals surface area contributed by atoms with Crippen molar-refractivity contribution in [2.24, 2.45) is 0 Å². The topological polar surface area (TPSA) is 21.9 Å². The zero-order valence-electron chi connectivity index (χ0n) is 41.0. The minimum atomic E-state index is -1.22. The highest BCUT2D eigenvalue weighted by Crippen LogP contribution is 2.54. The highest BCUT2D eigenvalue weighted by molar-refractivity contribution is 5.99. The number of rotatable bonds is 4. The Morgan fingerprint density at radius 3 is 1.98 bits per heavy atom. The summed E-state index contributed by atoms with van der Waals surface area (Å²) in [6, 6.07) is 48.0. The molecule has 3 aliphatic heterocycles. The van der Waals surface area contributed by atoms with Crippen LogP contribution in [0.15, 0.2) is 164 Å². The maximum absolute atomic E-state index is 9.10. The molecule has 12 rings (SSSR count). The number of aryl methyl sites for hydroxylation is 1. The molecule has 1 spiro atoms. The van der Waals surface area contributed by atoms with Crippen molar-refractivity contribution in [3.63, 3.8) is 0 Å². The van der Waals surface area contributed by atoms with E-state index in [-0.39, 0.29) is 40.6 Å². The standard InChI is InChI=1S/C59H51N3O/c1-36-21-23-38(24-22-36)41-29-30-60-51(32-41)49-34-43(58(6,7)8)33-48-44-18-14-19-50-55(44)62-56(45-17-12-13-20-53(45)63-59(60,62)54(48)49)61(50)52-35-46(39-15-10-9-11-16-39)37(2)31-47(52)40-25-27-42(28-26-40)57(3,4)5/h9-35H,1-8H3/q+2/i21D,22D,23D,24D. The molecular formula is C59H51N3O+2. The molecule has 0 aliphatic carbocycles. The monoisotopic (exact) mass is 821 g/mol. The van der Waals surface area contributed by atoms with Crippen LogP contribution in [0.25, 0.3) is 83.9 Å². The quantitative estimate of drug-likeness (QED) is 0.162. The average Bonchev–Trinajstić information content (AvgIpc) is 3.81. The molecule has 0 bridgehead atoms. The summed E-state index contributed by atoms with van der Waals surface area (Å²) >= 11 is 0. The molecule has 306 valence electrons. The third-order valence-electron chi connectivity index (χ3n) is 13.5. The van der Waals surface area contributed by atoms with Crippen molar-refractivity contribution in [1.29, 1.82) is 0 Å². The molecule has 0 N–H and O–H groups in total. The Morgan fingerprint density at radius 1 is 0.556 bits per heavy atom. The number of benzene rings is 7. The summed E-state index contributed by atoms with van der Waals surface area (Å²) < 4.78 is 50.5. The van der Waals surface area contributed by atoms with E-state index in [4.69, 9.17) is 10.2 Å². The van der Waals surface area contributed by atoms with Gasteiger partial charge in [0.2, 0.25) is 5.69 Å². The fourth-order valence-electron chi connectivity index (χ4n) is 10.3. The molecule has 7 aromatic carbocycles. The van der Waals surface area contributed by atoms with Gasteiger partial charge >= 0.3 is 11.7 Å². The van der Waals surface area contributed by atoms with Crippen LogP contribution in [0.3, 0.4) is 0 Å².